The van der Waals surface area contributed by atoms with Crippen LogP contribution in [0, 0.1) is 10.8 Å². The number of carbonyl (C=O) groups is 9. The molecule has 0 heterocycles. The quantitative estimate of drug-likeness (QED) is 0.0234. The van der Waals surface area contributed by atoms with Crippen LogP contribution in [-0.4, -0.2) is 203 Å². The van der Waals surface area contributed by atoms with Crippen LogP contribution in [0.2, 0.25) is 0 Å². The van der Waals surface area contributed by atoms with E-state index in [0.29, 0.717) is 17.9 Å². The number of rotatable bonds is 34. The lowest BCUT2D eigenvalue weighted by molar-refractivity contribution is -0.143. The number of nitrogens with one attached hydrogen (secondary N) is 5. The molecule has 0 aliphatic heterocycles. The Hall–Kier alpha value is -4.23. The Bertz CT molecular complexity index is 1410. The summed E-state index contributed by atoms with van der Waals surface area (Å²) in [5.41, 5.74) is -1.89. The fraction of sp³-hybridized carbons (Fsp3) is 0.743. The Labute approximate surface area is 351 Å². The third kappa shape index (κ3) is 27.2. The third-order valence-corrected chi connectivity index (χ3v) is 11.0. The molecule has 2 atom stereocenters. The van der Waals surface area contributed by atoms with Crippen LogP contribution in [0.5, 0.6) is 0 Å². The molecule has 0 fully saturated rings. The largest absolute Gasteiger partial charge is 0.480 e. The number of carbonyl (C=O) groups excluding carboxylic acids is 5. The number of aliphatic carboxylic acids is 4. The second-order valence-electron chi connectivity index (χ2n) is 14.6. The van der Waals surface area contributed by atoms with Crippen LogP contribution in [0.1, 0.15) is 47.5 Å². The minimum absolute atomic E-state index is 0.00275. The highest BCUT2D eigenvalue weighted by Gasteiger charge is 2.41. The molecular formula is C35H62N8O14S2. The molecule has 0 saturated carbocycles. The summed E-state index contributed by atoms with van der Waals surface area (Å²) in [4.78, 5) is 111. The molecule has 5 amide bonds. The maximum absolute atomic E-state index is 12.9. The molecule has 0 radical (unpaired) electrons. The van der Waals surface area contributed by atoms with Gasteiger partial charge in [0, 0.05) is 68.1 Å². The molecule has 24 heteroatoms. The Morgan fingerprint density at radius 2 is 0.966 bits per heavy atom. The molecule has 0 aliphatic rings. The molecule has 2 unspecified atom stereocenters. The van der Waals surface area contributed by atoms with Crippen molar-refractivity contribution in [2.45, 2.75) is 53.6 Å². The zero-order chi connectivity index (χ0) is 45.2. The van der Waals surface area contributed by atoms with E-state index in [1.165, 1.54) is 31.4 Å². The van der Waals surface area contributed by atoms with Gasteiger partial charge in [-0.15, -0.1) is 0 Å². The molecule has 0 bridgehead atoms. The highest BCUT2D eigenvalue weighted by molar-refractivity contribution is 8.76. The van der Waals surface area contributed by atoms with Crippen molar-refractivity contribution in [3.05, 3.63) is 0 Å². The number of nitrogens with zero attached hydrogens (tertiary/aromatic N) is 3. The first-order chi connectivity index (χ1) is 27.5. The summed E-state index contributed by atoms with van der Waals surface area (Å²) in [6.45, 7) is 5.83. The molecule has 0 saturated heterocycles. The fourth-order valence-electron chi connectivity index (χ4n) is 5.45. The summed E-state index contributed by atoms with van der Waals surface area (Å²) in [6, 6.07) is 0. The predicted molar refractivity (Wildman–Crippen MR) is 218 cm³/mol. The standard InChI is InChI=1S/C35H62N8O14S2/c1-6-35(5,33(57)39-15-24(2)44)23-34(3,4)32(56)40-17-26(46)38-16-25(45)36-7-13-58-59-14-8-37-27(47)18-42(20-29(50)51)11-9-41(19-28(48)49)10-12-43(21-30(52)53)22-31(54)55/h24,44H,6-23H2,1-5H3,(H,36,45)(H,37,47)(H,38,46)(H,39,57)(H,40,56)(H,48,49)(H,50,51)(H,52,53)(H,54,55). The van der Waals surface area contributed by atoms with E-state index in [-0.39, 0.29) is 77.8 Å². The molecule has 338 valence electrons. The smallest absolute Gasteiger partial charge is 0.317 e. The molecule has 0 rings (SSSR count). The lowest BCUT2D eigenvalue weighted by Crippen LogP contribution is -2.48. The Balaban J connectivity index is 4.52. The Morgan fingerprint density at radius 1 is 0.559 bits per heavy atom. The van der Waals surface area contributed by atoms with Gasteiger partial charge < -0.3 is 52.1 Å². The van der Waals surface area contributed by atoms with Crippen LogP contribution in [0.3, 0.4) is 0 Å². The molecule has 0 aromatic heterocycles. The van der Waals surface area contributed by atoms with Crippen LogP contribution >= 0.6 is 21.6 Å². The maximum Gasteiger partial charge on any atom is 0.317 e. The van der Waals surface area contributed by atoms with Gasteiger partial charge in [0.2, 0.25) is 29.5 Å². The van der Waals surface area contributed by atoms with Gasteiger partial charge in [-0.1, -0.05) is 49.3 Å². The Kier molecular flexibility index (Phi) is 27.0. The van der Waals surface area contributed by atoms with E-state index in [0.717, 1.165) is 4.90 Å². The number of carboxylic acids is 4. The summed E-state index contributed by atoms with van der Waals surface area (Å²) in [6.07, 6.45) is -0.0772. The molecule has 22 nitrogen and oxygen atoms in total. The summed E-state index contributed by atoms with van der Waals surface area (Å²) < 4.78 is 0. The minimum atomic E-state index is -1.26. The Morgan fingerprint density at radius 3 is 1.42 bits per heavy atom. The number of hydrogen-bond donors (Lipinski definition) is 10. The SMILES string of the molecule is CCC(C)(CC(C)(C)C(=O)NCC(=O)NCC(=O)NCCSSCCNC(=O)CN(CCN(CCN(CC(=O)O)CC(=O)O)CC(=O)O)CC(=O)O)C(=O)NCC(C)O. The molecule has 0 aromatic rings. The first kappa shape index (κ1) is 54.8. The summed E-state index contributed by atoms with van der Waals surface area (Å²) in [7, 11) is 2.83. The van der Waals surface area contributed by atoms with Crippen molar-refractivity contribution >= 4 is 75.0 Å². The van der Waals surface area contributed by atoms with Gasteiger partial charge in [0.15, 0.2) is 0 Å². The summed E-state index contributed by atoms with van der Waals surface area (Å²) in [5, 5.41) is 59.1. The van der Waals surface area contributed by atoms with E-state index >= 15 is 0 Å². The van der Waals surface area contributed by atoms with E-state index in [9.17, 15) is 58.5 Å². The van der Waals surface area contributed by atoms with E-state index in [4.69, 9.17) is 10.2 Å². The van der Waals surface area contributed by atoms with E-state index in [2.05, 4.69) is 26.6 Å². The number of amides is 5. The van der Waals surface area contributed by atoms with Gasteiger partial charge in [-0.2, -0.15) is 0 Å². The van der Waals surface area contributed by atoms with E-state index in [1.54, 1.807) is 27.7 Å². The topological polar surface area (TPSA) is 325 Å². The zero-order valence-electron chi connectivity index (χ0n) is 34.4. The highest BCUT2D eigenvalue weighted by atomic mass is 33.1. The minimum Gasteiger partial charge on any atom is -0.480 e. The van der Waals surface area contributed by atoms with Crippen LogP contribution in [-0.2, 0) is 43.2 Å². The van der Waals surface area contributed by atoms with Gasteiger partial charge in [-0.25, -0.2) is 0 Å². The van der Waals surface area contributed by atoms with Gasteiger partial charge in [0.25, 0.3) is 0 Å². The van der Waals surface area contributed by atoms with Crippen LogP contribution in [0.25, 0.3) is 0 Å². The van der Waals surface area contributed by atoms with E-state index in [1.807, 2.05) is 6.92 Å². The third-order valence-electron chi connectivity index (χ3n) is 8.55. The average molecular weight is 883 g/mol. The van der Waals surface area contributed by atoms with Crippen molar-refractivity contribution in [1.82, 2.24) is 41.3 Å². The van der Waals surface area contributed by atoms with Crippen molar-refractivity contribution in [1.29, 1.82) is 0 Å². The first-order valence-electron chi connectivity index (χ1n) is 18.8. The lowest BCUT2D eigenvalue weighted by atomic mass is 9.71. The van der Waals surface area contributed by atoms with Gasteiger partial charge in [0.1, 0.15) is 0 Å². The van der Waals surface area contributed by atoms with E-state index < -0.39 is 90.6 Å². The zero-order valence-corrected chi connectivity index (χ0v) is 36.0. The summed E-state index contributed by atoms with van der Waals surface area (Å²) >= 11 is 0. The van der Waals surface area contributed by atoms with Gasteiger partial charge >= 0.3 is 23.9 Å². The monoisotopic (exact) mass is 882 g/mol. The van der Waals surface area contributed by atoms with Crippen molar-refractivity contribution in [2.75, 3.05) is 103 Å². The van der Waals surface area contributed by atoms with Crippen LogP contribution in [0.15, 0.2) is 0 Å². The molecule has 0 aliphatic carbocycles. The van der Waals surface area contributed by atoms with Crippen molar-refractivity contribution in [3.8, 4) is 0 Å². The predicted octanol–water partition coefficient (Wildman–Crippen LogP) is -2.59. The summed E-state index contributed by atoms with van der Waals surface area (Å²) in [5.74, 6) is -6.17. The highest BCUT2D eigenvalue weighted by Crippen LogP contribution is 2.37. The van der Waals surface area contributed by atoms with Crippen LogP contribution in [0.4, 0.5) is 0 Å². The van der Waals surface area contributed by atoms with Gasteiger partial charge in [-0.3, -0.25) is 57.9 Å². The fourth-order valence-corrected chi connectivity index (χ4v) is 7.26. The molecule has 10 N–H and O–H groups in total. The number of aliphatic hydroxyl groups excluding tert-OH is 1. The maximum atomic E-state index is 12.9. The van der Waals surface area contributed by atoms with Crippen LogP contribution < -0.4 is 26.6 Å². The second kappa shape index (κ2) is 29.1. The van der Waals surface area contributed by atoms with Gasteiger partial charge in [-0.05, 0) is 19.8 Å². The number of aliphatic hydroxyl groups is 1. The number of hydrogen-bond acceptors (Lipinski definition) is 15. The van der Waals surface area contributed by atoms with Crippen molar-refractivity contribution in [3.63, 3.8) is 0 Å². The average Bonchev–Trinajstić information content (AvgIpc) is 3.12. The van der Waals surface area contributed by atoms with Gasteiger partial charge in [0.05, 0.1) is 51.9 Å². The van der Waals surface area contributed by atoms with Crippen molar-refractivity contribution in [2.24, 2.45) is 10.8 Å². The molecule has 0 spiro atoms. The molecule has 0 aromatic carbocycles. The molecular weight excluding hydrogens is 821 g/mol. The lowest BCUT2D eigenvalue weighted by Gasteiger charge is -2.35. The number of carboxylic acid groups (broad SMARTS) is 4. The first-order valence-corrected chi connectivity index (χ1v) is 21.3. The second-order valence-corrected chi connectivity index (χ2v) is 17.3. The molecule has 59 heavy (non-hydrogen) atoms. The normalized spacial score (nSPS) is 13.0. The van der Waals surface area contributed by atoms with Crippen molar-refractivity contribution < 1.29 is 68.7 Å².